The van der Waals surface area contributed by atoms with Crippen molar-refractivity contribution in [3.05, 3.63) is 35.5 Å². The minimum Gasteiger partial charge on any atom is -0.395 e. The summed E-state index contributed by atoms with van der Waals surface area (Å²) in [7, 11) is 0. The average Bonchev–Trinajstić information content (AvgIpc) is 3.07. The summed E-state index contributed by atoms with van der Waals surface area (Å²) >= 11 is 9.05. The van der Waals surface area contributed by atoms with E-state index < -0.39 is 0 Å². The smallest absolute Gasteiger partial charge is 0.214 e. The lowest BCUT2D eigenvalue weighted by Gasteiger charge is -2.20. The Morgan fingerprint density at radius 2 is 2.13 bits per heavy atom. The minimum atomic E-state index is 0.126. The number of anilines is 1. The van der Waals surface area contributed by atoms with Crippen LogP contribution >= 0.6 is 34.7 Å². The van der Waals surface area contributed by atoms with E-state index in [1.165, 1.54) is 11.3 Å². The first kappa shape index (κ1) is 16.6. The topological polar surface area (TPSA) is 62.5 Å². The van der Waals surface area contributed by atoms with Gasteiger partial charge in [0, 0.05) is 21.9 Å². The Kier molecular flexibility index (Phi) is 5.11. The summed E-state index contributed by atoms with van der Waals surface area (Å²) in [6, 6.07) is 7.72. The molecule has 2 N–H and O–H groups in total. The summed E-state index contributed by atoms with van der Waals surface area (Å²) in [5.74, 6) is 0. The van der Waals surface area contributed by atoms with Crippen LogP contribution in [0.25, 0.3) is 16.2 Å². The maximum absolute atomic E-state index is 9.35. The highest BCUT2D eigenvalue weighted by Crippen LogP contribution is 2.26. The molecule has 2 atom stereocenters. The fourth-order valence-corrected chi connectivity index (χ4v) is 3.87. The lowest BCUT2D eigenvalue weighted by Crippen LogP contribution is -2.30. The number of fused-ring (bicyclic) bond motifs is 1. The molecule has 2 unspecified atom stereocenters. The Hall–Kier alpha value is -1.28. The molecule has 0 aliphatic heterocycles. The molecule has 0 saturated heterocycles. The van der Waals surface area contributed by atoms with Gasteiger partial charge in [0.25, 0.3) is 0 Å². The van der Waals surface area contributed by atoms with Gasteiger partial charge in [-0.2, -0.15) is 11.8 Å². The fourth-order valence-electron chi connectivity index (χ4n) is 2.24. The SMILES string of the molecule is CSC(CO)C(C)Nc1nn2cc(-c3ccc(Cl)cc3)nc2s1. The van der Waals surface area contributed by atoms with Crippen molar-refractivity contribution in [1.29, 1.82) is 0 Å². The van der Waals surface area contributed by atoms with E-state index in [9.17, 15) is 5.11 Å². The molecule has 2 heterocycles. The molecule has 0 aliphatic carbocycles. The number of hydrogen-bond donors (Lipinski definition) is 2. The van der Waals surface area contributed by atoms with Crippen LogP contribution in [0, 0.1) is 0 Å². The molecule has 0 amide bonds. The van der Waals surface area contributed by atoms with E-state index in [0.717, 1.165) is 21.3 Å². The van der Waals surface area contributed by atoms with E-state index in [1.807, 2.05) is 43.6 Å². The van der Waals surface area contributed by atoms with Crippen molar-refractivity contribution in [2.45, 2.75) is 18.2 Å². The zero-order valence-corrected chi connectivity index (χ0v) is 15.1. The Labute approximate surface area is 147 Å². The van der Waals surface area contributed by atoms with Crippen LogP contribution in [-0.4, -0.2) is 43.9 Å². The number of aliphatic hydroxyl groups is 1. The summed E-state index contributed by atoms with van der Waals surface area (Å²) in [5, 5.41) is 18.8. The number of thioether (sulfide) groups is 1. The molecular formula is C15H17ClN4OS2. The van der Waals surface area contributed by atoms with Gasteiger partial charge < -0.3 is 10.4 Å². The standard InChI is InChI=1S/C15H17ClN4OS2/c1-9(13(8-21)22-2)17-14-19-20-7-12(18-15(20)23-14)10-3-5-11(16)6-4-10/h3-7,9,13,21H,8H2,1-2H3,(H,17,19). The first-order valence-electron chi connectivity index (χ1n) is 7.13. The number of aromatic nitrogens is 3. The third-order valence-corrected chi connectivity index (χ3v) is 5.84. The van der Waals surface area contributed by atoms with E-state index in [4.69, 9.17) is 11.6 Å². The van der Waals surface area contributed by atoms with E-state index in [-0.39, 0.29) is 17.9 Å². The van der Waals surface area contributed by atoms with Crippen molar-refractivity contribution in [2.24, 2.45) is 0 Å². The van der Waals surface area contributed by atoms with Crippen LogP contribution in [-0.2, 0) is 0 Å². The summed E-state index contributed by atoms with van der Waals surface area (Å²) in [6.45, 7) is 2.18. The Balaban J connectivity index is 1.79. The Morgan fingerprint density at radius 1 is 1.39 bits per heavy atom. The van der Waals surface area contributed by atoms with Gasteiger partial charge in [-0.15, -0.1) is 5.10 Å². The maximum atomic E-state index is 9.35. The van der Waals surface area contributed by atoms with Crippen LogP contribution in [0.2, 0.25) is 5.02 Å². The van der Waals surface area contributed by atoms with Crippen LogP contribution in [0.5, 0.6) is 0 Å². The second-order valence-electron chi connectivity index (χ2n) is 5.16. The van der Waals surface area contributed by atoms with Gasteiger partial charge in [-0.05, 0) is 25.3 Å². The number of aliphatic hydroxyl groups excluding tert-OH is 1. The highest BCUT2D eigenvalue weighted by molar-refractivity contribution is 7.99. The van der Waals surface area contributed by atoms with Crippen LogP contribution in [0.3, 0.4) is 0 Å². The molecule has 8 heteroatoms. The molecule has 0 bridgehead atoms. The van der Waals surface area contributed by atoms with E-state index in [2.05, 4.69) is 15.4 Å². The lowest BCUT2D eigenvalue weighted by molar-refractivity contribution is 0.288. The molecule has 5 nitrogen and oxygen atoms in total. The van der Waals surface area contributed by atoms with Gasteiger partial charge in [-0.3, -0.25) is 0 Å². The number of hydrogen-bond acceptors (Lipinski definition) is 6. The van der Waals surface area contributed by atoms with Crippen LogP contribution in [0.1, 0.15) is 6.92 Å². The van der Waals surface area contributed by atoms with Crippen molar-refractivity contribution in [1.82, 2.24) is 14.6 Å². The maximum Gasteiger partial charge on any atom is 0.214 e. The van der Waals surface area contributed by atoms with Gasteiger partial charge in [0.05, 0.1) is 18.5 Å². The molecule has 0 fully saturated rings. The Bertz CT molecular complexity index is 751. The predicted molar refractivity (Wildman–Crippen MR) is 98.8 cm³/mol. The van der Waals surface area contributed by atoms with Crippen molar-refractivity contribution in [3.8, 4) is 11.3 Å². The minimum absolute atomic E-state index is 0.126. The number of rotatable bonds is 6. The van der Waals surface area contributed by atoms with Crippen LogP contribution in [0.15, 0.2) is 30.5 Å². The molecule has 0 spiro atoms. The van der Waals surface area contributed by atoms with Gasteiger partial charge in [0.2, 0.25) is 10.1 Å². The van der Waals surface area contributed by atoms with Gasteiger partial charge in [-0.25, -0.2) is 9.50 Å². The first-order chi connectivity index (χ1) is 11.1. The summed E-state index contributed by atoms with van der Waals surface area (Å²) in [5.41, 5.74) is 1.88. The second-order valence-corrected chi connectivity index (χ2v) is 7.63. The molecule has 2 aromatic heterocycles. The molecule has 122 valence electrons. The van der Waals surface area contributed by atoms with E-state index in [0.29, 0.717) is 5.02 Å². The zero-order valence-electron chi connectivity index (χ0n) is 12.7. The number of nitrogens with zero attached hydrogens (tertiary/aromatic N) is 3. The molecule has 0 aliphatic rings. The van der Waals surface area contributed by atoms with E-state index >= 15 is 0 Å². The molecule has 0 radical (unpaired) electrons. The van der Waals surface area contributed by atoms with Crippen LogP contribution < -0.4 is 5.32 Å². The van der Waals surface area contributed by atoms with Crippen molar-refractivity contribution in [2.75, 3.05) is 18.2 Å². The van der Waals surface area contributed by atoms with Gasteiger partial charge in [0.15, 0.2) is 0 Å². The largest absolute Gasteiger partial charge is 0.395 e. The third-order valence-electron chi connectivity index (χ3n) is 3.57. The lowest BCUT2D eigenvalue weighted by atomic mass is 10.2. The molecule has 3 rings (SSSR count). The highest BCUT2D eigenvalue weighted by Gasteiger charge is 2.17. The molecule has 1 aromatic carbocycles. The van der Waals surface area contributed by atoms with Gasteiger partial charge >= 0.3 is 0 Å². The summed E-state index contributed by atoms with van der Waals surface area (Å²) < 4.78 is 1.77. The van der Waals surface area contributed by atoms with Gasteiger partial charge in [-0.1, -0.05) is 35.1 Å². The first-order valence-corrected chi connectivity index (χ1v) is 9.61. The third kappa shape index (κ3) is 3.63. The number of nitrogens with one attached hydrogen (secondary N) is 1. The number of imidazole rings is 1. The molecule has 0 saturated carbocycles. The normalized spacial score (nSPS) is 14.1. The summed E-state index contributed by atoms with van der Waals surface area (Å²) in [6.07, 6.45) is 3.90. The van der Waals surface area contributed by atoms with Crippen molar-refractivity contribution < 1.29 is 5.11 Å². The monoisotopic (exact) mass is 368 g/mol. The molecule has 3 aromatic rings. The predicted octanol–water partition coefficient (Wildman–Crippen LogP) is 3.64. The Morgan fingerprint density at radius 3 is 2.74 bits per heavy atom. The fraction of sp³-hybridized carbons (Fsp3) is 0.333. The molecule has 23 heavy (non-hydrogen) atoms. The van der Waals surface area contributed by atoms with Crippen LogP contribution in [0.4, 0.5) is 5.13 Å². The summed E-state index contributed by atoms with van der Waals surface area (Å²) in [4.78, 5) is 5.44. The number of halogens is 1. The van der Waals surface area contributed by atoms with Crippen molar-refractivity contribution >= 4 is 44.8 Å². The average molecular weight is 369 g/mol. The quantitative estimate of drug-likeness (QED) is 0.695. The van der Waals surface area contributed by atoms with Gasteiger partial charge in [0.1, 0.15) is 0 Å². The van der Waals surface area contributed by atoms with E-state index in [1.54, 1.807) is 16.3 Å². The molecular weight excluding hydrogens is 352 g/mol. The highest BCUT2D eigenvalue weighted by atomic mass is 35.5. The number of benzene rings is 1. The second kappa shape index (κ2) is 7.09. The van der Waals surface area contributed by atoms with Crippen molar-refractivity contribution in [3.63, 3.8) is 0 Å². The zero-order chi connectivity index (χ0) is 16.4.